The molecule has 3 aromatic rings. The molecule has 0 bridgehead atoms. The fourth-order valence-electron chi connectivity index (χ4n) is 6.89. The van der Waals surface area contributed by atoms with E-state index in [9.17, 15) is 9.59 Å². The number of ether oxygens (including phenoxy) is 3. The van der Waals surface area contributed by atoms with Gasteiger partial charge in [-0.2, -0.15) is 0 Å². The van der Waals surface area contributed by atoms with Crippen LogP contribution in [0.4, 0.5) is 10.7 Å². The zero-order valence-corrected chi connectivity index (χ0v) is 29.3. The maximum atomic E-state index is 12.8. The Balaban J connectivity index is 1.16. The highest BCUT2D eigenvalue weighted by atomic mass is 35.5. The Morgan fingerprint density at radius 3 is 2.25 bits per heavy atom. The van der Waals surface area contributed by atoms with Crippen LogP contribution < -0.4 is 9.64 Å². The van der Waals surface area contributed by atoms with Crippen LogP contribution >= 0.6 is 23.2 Å². The first kappa shape index (κ1) is 34.2. The number of likely N-dealkylation sites (tertiary alicyclic amines) is 2. The zero-order valence-electron chi connectivity index (χ0n) is 27.8. The first-order chi connectivity index (χ1) is 22.9. The van der Waals surface area contributed by atoms with Gasteiger partial charge < -0.3 is 24.0 Å². The van der Waals surface area contributed by atoms with Gasteiger partial charge >= 0.3 is 12.1 Å². The second kappa shape index (κ2) is 14.4. The molecule has 3 aliphatic rings. The lowest BCUT2D eigenvalue weighted by Gasteiger charge is -2.31. The number of benzene rings is 1. The van der Waals surface area contributed by atoms with Crippen LogP contribution in [0.1, 0.15) is 58.4 Å². The molecule has 3 aliphatic heterocycles. The smallest absolute Gasteiger partial charge is 0.410 e. The fraction of sp³-hybridized carbons (Fsp3) is 0.514. The number of halogens is 2. The van der Waals surface area contributed by atoms with Gasteiger partial charge in [-0.3, -0.25) is 9.69 Å². The van der Waals surface area contributed by atoms with Crippen molar-refractivity contribution in [2.45, 2.75) is 77.1 Å². The number of methoxy groups -OCH3 is 1. The Labute approximate surface area is 291 Å². The van der Waals surface area contributed by atoms with E-state index in [1.54, 1.807) is 18.5 Å². The maximum Gasteiger partial charge on any atom is 0.410 e. The van der Waals surface area contributed by atoms with Crippen LogP contribution in [-0.4, -0.2) is 87.8 Å². The Bertz CT molecular complexity index is 1610. The summed E-state index contributed by atoms with van der Waals surface area (Å²) in [6.45, 7) is 9.50. The number of aromatic nitrogens is 3. The molecule has 2 atom stereocenters. The lowest BCUT2D eigenvalue weighted by molar-refractivity contribution is -0.142. The monoisotopic (exact) mass is 696 g/mol. The second-order valence-electron chi connectivity index (χ2n) is 13.8. The molecule has 256 valence electrons. The van der Waals surface area contributed by atoms with Gasteiger partial charge in [-0.1, -0.05) is 23.2 Å². The third-order valence-electron chi connectivity index (χ3n) is 9.11. The predicted molar refractivity (Wildman–Crippen MR) is 184 cm³/mol. The number of carbonyl (C=O) groups is 2. The van der Waals surface area contributed by atoms with Crippen molar-refractivity contribution in [3.63, 3.8) is 0 Å². The summed E-state index contributed by atoms with van der Waals surface area (Å²) in [4.78, 5) is 45.1. The highest BCUT2D eigenvalue weighted by Crippen LogP contribution is 2.36. The Morgan fingerprint density at radius 1 is 0.896 bits per heavy atom. The summed E-state index contributed by atoms with van der Waals surface area (Å²) in [7, 11) is 1.44. The van der Waals surface area contributed by atoms with Crippen LogP contribution in [0.3, 0.4) is 0 Å². The molecule has 0 spiro atoms. The largest absolute Gasteiger partial charge is 0.469 e. The van der Waals surface area contributed by atoms with E-state index in [4.69, 9.17) is 42.4 Å². The molecule has 1 aromatic carbocycles. The van der Waals surface area contributed by atoms with Gasteiger partial charge in [0.25, 0.3) is 0 Å². The minimum absolute atomic E-state index is 0.0726. The number of hydrogen-bond donors (Lipinski definition) is 0. The minimum atomic E-state index is -0.535. The van der Waals surface area contributed by atoms with Gasteiger partial charge in [-0.15, -0.1) is 0 Å². The van der Waals surface area contributed by atoms with Gasteiger partial charge in [-0.05, 0) is 95.3 Å². The summed E-state index contributed by atoms with van der Waals surface area (Å²) in [5.41, 5.74) is 1.95. The number of hydrogen-bond acceptors (Lipinski definition) is 10. The highest BCUT2D eigenvalue weighted by molar-refractivity contribution is 6.35. The molecule has 3 saturated heterocycles. The van der Waals surface area contributed by atoms with Gasteiger partial charge in [0.2, 0.25) is 11.8 Å². The number of rotatable bonds is 8. The van der Waals surface area contributed by atoms with Gasteiger partial charge in [0.15, 0.2) is 5.75 Å². The Kier molecular flexibility index (Phi) is 10.3. The highest BCUT2D eigenvalue weighted by Gasteiger charge is 2.46. The Morgan fingerprint density at radius 2 is 1.58 bits per heavy atom. The van der Waals surface area contributed by atoms with Crippen molar-refractivity contribution in [2.75, 3.05) is 38.2 Å². The van der Waals surface area contributed by atoms with Gasteiger partial charge in [0.1, 0.15) is 5.60 Å². The van der Waals surface area contributed by atoms with E-state index < -0.39 is 5.60 Å². The summed E-state index contributed by atoms with van der Waals surface area (Å²) >= 11 is 12.7. The second-order valence-corrected chi connectivity index (χ2v) is 14.6. The molecule has 0 saturated carbocycles. The number of anilines is 1. The zero-order chi connectivity index (χ0) is 34.0. The van der Waals surface area contributed by atoms with Crippen LogP contribution in [0.15, 0.2) is 42.7 Å². The van der Waals surface area contributed by atoms with E-state index in [1.807, 2.05) is 49.9 Å². The van der Waals surface area contributed by atoms with Crippen molar-refractivity contribution < 1.29 is 23.8 Å². The summed E-state index contributed by atoms with van der Waals surface area (Å²) in [5.74, 6) is 1.65. The van der Waals surface area contributed by atoms with Crippen LogP contribution in [0.25, 0.3) is 11.3 Å². The van der Waals surface area contributed by atoms with Crippen molar-refractivity contribution in [1.82, 2.24) is 24.8 Å². The molecule has 3 fully saturated rings. The van der Waals surface area contributed by atoms with Crippen molar-refractivity contribution in [1.29, 1.82) is 0 Å². The van der Waals surface area contributed by atoms with Gasteiger partial charge in [0, 0.05) is 47.7 Å². The molecule has 0 N–H and O–H groups in total. The molecule has 2 aromatic heterocycles. The van der Waals surface area contributed by atoms with E-state index >= 15 is 0 Å². The predicted octanol–water partition coefficient (Wildman–Crippen LogP) is 7.00. The summed E-state index contributed by atoms with van der Waals surface area (Å²) in [5, 5.41) is 1.04. The quantitative estimate of drug-likeness (QED) is 0.228. The molecule has 0 aliphatic carbocycles. The molecule has 0 radical (unpaired) electrons. The van der Waals surface area contributed by atoms with E-state index in [1.165, 1.54) is 7.11 Å². The molecule has 6 rings (SSSR count). The number of fused-ring (bicyclic) bond motifs is 1. The molecule has 13 heteroatoms. The number of esters is 1. The summed E-state index contributed by atoms with van der Waals surface area (Å²) < 4.78 is 16.8. The third-order valence-corrected chi connectivity index (χ3v) is 9.55. The number of carbonyl (C=O) groups excluding carboxylic acids is 2. The number of amides is 1. The molecule has 1 amide bonds. The van der Waals surface area contributed by atoms with Gasteiger partial charge in [0.05, 0.1) is 37.3 Å². The Hall–Kier alpha value is -3.67. The number of piperidine rings is 1. The van der Waals surface area contributed by atoms with Crippen molar-refractivity contribution >= 4 is 41.2 Å². The third kappa shape index (κ3) is 8.30. The van der Waals surface area contributed by atoms with E-state index in [-0.39, 0.29) is 24.1 Å². The van der Waals surface area contributed by atoms with Crippen LogP contribution in [0, 0.1) is 5.92 Å². The van der Waals surface area contributed by atoms with Crippen molar-refractivity contribution in [3.8, 4) is 22.9 Å². The topological polar surface area (TPSA) is 110 Å². The molecule has 2 unspecified atom stereocenters. The molecule has 48 heavy (non-hydrogen) atoms. The van der Waals surface area contributed by atoms with Crippen LogP contribution in [-0.2, 0) is 20.8 Å². The SMILES string of the molecule is COC(=O)CC1CCN(Cc2cc(Oc3cnc(N4CCC5C4CCN5C(=O)OC(C)(C)C)nc3)nc(-c3cc(Cl)cc(Cl)c3)c2)CC1. The lowest BCUT2D eigenvalue weighted by Crippen LogP contribution is -2.42. The molecular weight excluding hydrogens is 655 g/mol. The average molecular weight is 698 g/mol. The van der Waals surface area contributed by atoms with Crippen LogP contribution in [0.5, 0.6) is 11.6 Å². The van der Waals surface area contributed by atoms with Crippen molar-refractivity contribution in [2.24, 2.45) is 5.92 Å². The average Bonchev–Trinajstić information content (AvgIpc) is 3.64. The summed E-state index contributed by atoms with van der Waals surface area (Å²) in [6.07, 6.45) is 7.05. The standard InChI is InChI=1S/C35H42Cl2N6O5/c1-35(2,3)48-34(45)43-12-8-29-30(43)7-11-42(29)33-38-19-27(20-39-33)47-31-14-23(13-28(40-31)24-16-25(36)18-26(37)17-24)21-41-9-5-22(6-10-41)15-32(44)46-4/h13-14,16-20,22,29-30H,5-12,15,21H2,1-4H3. The van der Waals surface area contributed by atoms with E-state index in [0.717, 1.165) is 56.4 Å². The van der Waals surface area contributed by atoms with Crippen molar-refractivity contribution in [3.05, 3.63) is 58.3 Å². The lowest BCUT2D eigenvalue weighted by atomic mass is 9.93. The number of pyridine rings is 1. The van der Waals surface area contributed by atoms with E-state index in [0.29, 0.717) is 58.7 Å². The maximum absolute atomic E-state index is 12.8. The number of nitrogens with zero attached hydrogens (tertiary/aromatic N) is 6. The molecular formula is C35H42Cl2N6O5. The fourth-order valence-corrected chi connectivity index (χ4v) is 7.42. The molecule has 11 nitrogen and oxygen atoms in total. The van der Waals surface area contributed by atoms with Crippen LogP contribution in [0.2, 0.25) is 10.0 Å². The normalized spacial score (nSPS) is 20.1. The minimum Gasteiger partial charge on any atom is -0.469 e. The van der Waals surface area contributed by atoms with E-state index in [2.05, 4.69) is 19.8 Å². The van der Waals surface area contributed by atoms with Gasteiger partial charge in [-0.25, -0.2) is 19.7 Å². The molecule has 5 heterocycles. The summed E-state index contributed by atoms with van der Waals surface area (Å²) in [6, 6.07) is 9.52. The first-order valence-electron chi connectivity index (χ1n) is 16.5. The first-order valence-corrected chi connectivity index (χ1v) is 17.2.